The molecule has 19 heavy (non-hydrogen) atoms. The minimum Gasteiger partial charge on any atom is -0.470 e. The number of halogens is 1. The van der Waals surface area contributed by atoms with Crippen LogP contribution in [0.25, 0.3) is 6.08 Å². The van der Waals surface area contributed by atoms with E-state index in [1.165, 1.54) is 6.08 Å². The molecule has 1 aromatic carbocycles. The summed E-state index contributed by atoms with van der Waals surface area (Å²) in [7, 11) is 3.59. The highest BCUT2D eigenvalue weighted by Crippen LogP contribution is 2.16. The fourth-order valence-corrected chi connectivity index (χ4v) is 1.53. The van der Waals surface area contributed by atoms with Crippen molar-refractivity contribution in [1.82, 2.24) is 4.90 Å². The predicted molar refractivity (Wildman–Crippen MR) is 82.3 cm³/mol. The summed E-state index contributed by atoms with van der Waals surface area (Å²) in [5, 5.41) is 1.000. The number of carbonyl (C=O) groups excluding carboxylic acids is 1. The monoisotopic (exact) mass is 297 g/mol. The first-order valence-corrected chi connectivity index (χ1v) is 6.59. The lowest BCUT2D eigenvalue weighted by Crippen LogP contribution is -2.23. The van der Waals surface area contributed by atoms with Crippen LogP contribution in [0.3, 0.4) is 0 Å². The molecule has 0 aromatic heterocycles. The lowest BCUT2D eigenvalue weighted by Gasteiger charge is -2.13. The first kappa shape index (κ1) is 15.7. The normalized spacial score (nSPS) is 10.5. The molecule has 1 aromatic rings. The van der Waals surface area contributed by atoms with Gasteiger partial charge in [-0.2, -0.15) is 0 Å². The zero-order chi connectivity index (χ0) is 14.3. The molecule has 0 spiro atoms. The second-order valence-electron chi connectivity index (χ2n) is 4.08. The number of thiocarbonyl (C=S) groups is 1. The smallest absolute Gasteiger partial charge is 0.258 e. The van der Waals surface area contributed by atoms with Crippen LogP contribution in [0.15, 0.2) is 30.3 Å². The molecule has 0 radical (unpaired) electrons. The van der Waals surface area contributed by atoms with Crippen LogP contribution in [0.5, 0.6) is 0 Å². The van der Waals surface area contributed by atoms with Crippen molar-refractivity contribution in [2.75, 3.05) is 20.7 Å². The number of rotatable bonds is 5. The maximum Gasteiger partial charge on any atom is 0.258 e. The molecule has 0 heterocycles. The standard InChI is InChI=1S/C14H16ClNO2S/c1-16(2)14(19)18-10-9-12(17)8-7-11-5-3-4-6-13(11)15/h3-8H,9-10H2,1-2H3. The van der Waals surface area contributed by atoms with Gasteiger partial charge in [0.1, 0.15) is 0 Å². The molecule has 102 valence electrons. The van der Waals surface area contributed by atoms with Gasteiger partial charge in [0.25, 0.3) is 5.17 Å². The number of allylic oxidation sites excluding steroid dienone is 1. The quantitative estimate of drug-likeness (QED) is 0.617. The number of hydrogen-bond acceptors (Lipinski definition) is 3. The van der Waals surface area contributed by atoms with Gasteiger partial charge in [0, 0.05) is 25.5 Å². The second kappa shape index (κ2) is 7.92. The van der Waals surface area contributed by atoms with Crippen molar-refractivity contribution in [3.63, 3.8) is 0 Å². The minimum absolute atomic E-state index is 0.0264. The molecule has 5 heteroatoms. The predicted octanol–water partition coefficient (Wildman–Crippen LogP) is 3.18. The molecule has 0 aliphatic heterocycles. The van der Waals surface area contributed by atoms with Gasteiger partial charge in [0.15, 0.2) is 5.78 Å². The Bertz CT molecular complexity index is 486. The Hall–Kier alpha value is -1.39. The maximum absolute atomic E-state index is 11.6. The van der Waals surface area contributed by atoms with Gasteiger partial charge in [-0.05, 0) is 36.0 Å². The molecule has 0 aliphatic rings. The molecule has 0 saturated heterocycles. The van der Waals surface area contributed by atoms with Crippen LogP contribution in [-0.4, -0.2) is 36.6 Å². The van der Waals surface area contributed by atoms with Crippen molar-refractivity contribution in [1.29, 1.82) is 0 Å². The first-order valence-electron chi connectivity index (χ1n) is 5.80. The van der Waals surface area contributed by atoms with Gasteiger partial charge in [-0.25, -0.2) is 0 Å². The Morgan fingerprint density at radius 2 is 2.11 bits per heavy atom. The Balaban J connectivity index is 2.40. The van der Waals surface area contributed by atoms with Crippen LogP contribution in [0.4, 0.5) is 0 Å². The van der Waals surface area contributed by atoms with Crippen molar-refractivity contribution < 1.29 is 9.53 Å². The topological polar surface area (TPSA) is 29.5 Å². The third-order valence-electron chi connectivity index (χ3n) is 2.29. The third kappa shape index (κ3) is 5.85. The summed E-state index contributed by atoms with van der Waals surface area (Å²) in [4.78, 5) is 13.3. The maximum atomic E-state index is 11.6. The molecule has 1 rings (SSSR count). The SMILES string of the molecule is CN(C)C(=S)OCCC(=O)C=Cc1ccccc1Cl. The molecule has 0 unspecified atom stereocenters. The molecular formula is C14H16ClNO2S. The molecule has 0 amide bonds. The van der Waals surface area contributed by atoms with Gasteiger partial charge < -0.3 is 9.64 Å². The molecule has 0 atom stereocenters. The van der Waals surface area contributed by atoms with Gasteiger partial charge in [-0.1, -0.05) is 29.8 Å². The summed E-state index contributed by atoms with van der Waals surface area (Å²) in [6, 6.07) is 7.35. The van der Waals surface area contributed by atoms with E-state index in [0.29, 0.717) is 10.2 Å². The highest BCUT2D eigenvalue weighted by Gasteiger charge is 2.02. The summed E-state index contributed by atoms with van der Waals surface area (Å²) in [6.45, 7) is 0.280. The summed E-state index contributed by atoms with van der Waals surface area (Å²) in [6.07, 6.45) is 3.49. The Morgan fingerprint density at radius 1 is 1.42 bits per heavy atom. The third-order valence-corrected chi connectivity index (χ3v) is 3.12. The van der Waals surface area contributed by atoms with Crippen molar-refractivity contribution in [3.8, 4) is 0 Å². The highest BCUT2D eigenvalue weighted by atomic mass is 35.5. The molecule has 0 fully saturated rings. The Kier molecular flexibility index (Phi) is 6.53. The second-order valence-corrected chi connectivity index (χ2v) is 4.84. The van der Waals surface area contributed by atoms with E-state index in [1.54, 1.807) is 31.1 Å². The Labute approximate surface area is 123 Å². The van der Waals surface area contributed by atoms with Crippen LogP contribution in [0.1, 0.15) is 12.0 Å². The highest BCUT2D eigenvalue weighted by molar-refractivity contribution is 7.80. The van der Waals surface area contributed by atoms with E-state index >= 15 is 0 Å². The first-order chi connectivity index (χ1) is 9.00. The van der Waals surface area contributed by atoms with E-state index in [-0.39, 0.29) is 18.8 Å². The molecule has 3 nitrogen and oxygen atoms in total. The van der Waals surface area contributed by atoms with Gasteiger partial charge in [0.2, 0.25) is 0 Å². The van der Waals surface area contributed by atoms with Gasteiger partial charge in [0.05, 0.1) is 6.61 Å². The zero-order valence-corrected chi connectivity index (χ0v) is 12.5. The molecule has 0 N–H and O–H groups in total. The summed E-state index contributed by atoms with van der Waals surface area (Å²) >= 11 is 10.9. The van der Waals surface area contributed by atoms with Crippen molar-refractivity contribution in [2.45, 2.75) is 6.42 Å². The van der Waals surface area contributed by atoms with Gasteiger partial charge in [-0.15, -0.1) is 0 Å². The largest absolute Gasteiger partial charge is 0.470 e. The number of nitrogens with zero attached hydrogens (tertiary/aromatic N) is 1. The van der Waals surface area contributed by atoms with Crippen LogP contribution in [0.2, 0.25) is 5.02 Å². The average molecular weight is 298 g/mol. The average Bonchev–Trinajstić information content (AvgIpc) is 2.37. The summed E-state index contributed by atoms with van der Waals surface area (Å²) < 4.78 is 5.23. The van der Waals surface area contributed by atoms with E-state index in [9.17, 15) is 4.79 Å². The van der Waals surface area contributed by atoms with Crippen LogP contribution >= 0.6 is 23.8 Å². The van der Waals surface area contributed by atoms with E-state index in [0.717, 1.165) is 5.56 Å². The number of ether oxygens (including phenoxy) is 1. The fourth-order valence-electron chi connectivity index (χ4n) is 1.24. The molecule has 0 saturated carbocycles. The van der Waals surface area contributed by atoms with E-state index in [2.05, 4.69) is 0 Å². The van der Waals surface area contributed by atoms with E-state index in [4.69, 9.17) is 28.6 Å². The molecular weight excluding hydrogens is 282 g/mol. The summed E-state index contributed by atoms with van der Waals surface area (Å²) in [5.74, 6) is -0.0264. The Morgan fingerprint density at radius 3 is 2.74 bits per heavy atom. The molecule has 0 aliphatic carbocycles. The minimum atomic E-state index is -0.0264. The van der Waals surface area contributed by atoms with Crippen LogP contribution in [0, 0.1) is 0 Å². The number of ketones is 1. The van der Waals surface area contributed by atoms with Crippen LogP contribution < -0.4 is 0 Å². The number of carbonyl (C=O) groups is 1. The van der Waals surface area contributed by atoms with Crippen molar-refractivity contribution in [3.05, 3.63) is 40.9 Å². The number of benzene rings is 1. The number of hydrogen-bond donors (Lipinski definition) is 0. The lowest BCUT2D eigenvalue weighted by atomic mass is 10.2. The molecule has 0 bridgehead atoms. The summed E-state index contributed by atoms with van der Waals surface area (Å²) in [5.41, 5.74) is 0.822. The lowest BCUT2D eigenvalue weighted by molar-refractivity contribution is -0.115. The van der Waals surface area contributed by atoms with E-state index < -0.39 is 0 Å². The van der Waals surface area contributed by atoms with Crippen molar-refractivity contribution >= 4 is 40.9 Å². The van der Waals surface area contributed by atoms with Crippen molar-refractivity contribution in [2.24, 2.45) is 0 Å². The van der Waals surface area contributed by atoms with Gasteiger partial charge >= 0.3 is 0 Å². The van der Waals surface area contributed by atoms with Crippen LogP contribution in [-0.2, 0) is 9.53 Å². The van der Waals surface area contributed by atoms with Gasteiger partial charge in [-0.3, -0.25) is 4.79 Å². The zero-order valence-electron chi connectivity index (χ0n) is 10.9. The van der Waals surface area contributed by atoms with E-state index in [1.807, 2.05) is 18.2 Å². The fraction of sp³-hybridized carbons (Fsp3) is 0.286.